The van der Waals surface area contributed by atoms with Crippen molar-refractivity contribution in [1.82, 2.24) is 25.0 Å². The monoisotopic (exact) mass is 469 g/mol. The molecule has 1 saturated heterocycles. The number of likely N-dealkylation sites (N-methyl/N-ethyl adjacent to an activating group) is 1. The molecule has 7 heteroatoms. The van der Waals surface area contributed by atoms with Gasteiger partial charge >= 0.3 is 0 Å². The number of nitrogens with zero attached hydrogens (tertiary/aromatic N) is 4. The van der Waals surface area contributed by atoms with Gasteiger partial charge in [-0.1, -0.05) is 35.4 Å². The predicted octanol–water partition coefficient (Wildman–Crippen LogP) is 3.95. The van der Waals surface area contributed by atoms with Gasteiger partial charge in [-0.25, -0.2) is 0 Å². The third-order valence-electron chi connectivity index (χ3n) is 6.65. The second-order valence-electron chi connectivity index (χ2n) is 9.66. The lowest BCUT2D eigenvalue weighted by molar-refractivity contribution is 0.294. The van der Waals surface area contributed by atoms with Crippen molar-refractivity contribution in [2.45, 2.75) is 39.3 Å². The lowest BCUT2D eigenvalue weighted by Gasteiger charge is -2.23. The van der Waals surface area contributed by atoms with Gasteiger partial charge in [0.15, 0.2) is 0 Å². The van der Waals surface area contributed by atoms with Gasteiger partial charge in [-0.15, -0.1) is 0 Å². The van der Waals surface area contributed by atoms with Crippen LogP contribution in [0.4, 0.5) is 0 Å². The van der Waals surface area contributed by atoms with Gasteiger partial charge in [0.2, 0.25) is 0 Å². The highest BCUT2D eigenvalue weighted by Gasteiger charge is 2.21. The van der Waals surface area contributed by atoms with E-state index in [0.717, 1.165) is 29.8 Å². The minimum absolute atomic E-state index is 0.0856. The Balaban J connectivity index is 1.70. The number of pyridine rings is 1. The molecule has 3 heterocycles. The lowest BCUT2D eigenvalue weighted by Crippen LogP contribution is -2.35. The molecule has 0 saturated carbocycles. The van der Waals surface area contributed by atoms with Gasteiger partial charge in [0.25, 0.3) is 5.56 Å². The van der Waals surface area contributed by atoms with Crippen LogP contribution in [0.15, 0.2) is 59.7 Å². The molecule has 1 aliphatic rings. The van der Waals surface area contributed by atoms with Crippen molar-refractivity contribution in [3.05, 3.63) is 81.9 Å². The Morgan fingerprint density at radius 1 is 1.14 bits per heavy atom. The van der Waals surface area contributed by atoms with Gasteiger partial charge < -0.3 is 15.3 Å². The first-order valence-corrected chi connectivity index (χ1v) is 12.1. The molecule has 180 valence electrons. The zero-order valence-corrected chi connectivity index (χ0v) is 20.5. The van der Waals surface area contributed by atoms with Crippen molar-refractivity contribution in [1.29, 1.82) is 0 Å². The van der Waals surface area contributed by atoms with Crippen LogP contribution in [0.5, 0.6) is 5.75 Å². The van der Waals surface area contributed by atoms with E-state index in [2.05, 4.69) is 59.4 Å². The van der Waals surface area contributed by atoms with Crippen molar-refractivity contribution in [2.75, 3.05) is 20.1 Å². The number of hydrogen-bond donors (Lipinski definition) is 2. The average molecular weight is 470 g/mol. The summed E-state index contributed by atoms with van der Waals surface area (Å²) in [6.07, 6.45) is 5.87. The van der Waals surface area contributed by atoms with E-state index >= 15 is 0 Å². The third kappa shape index (κ3) is 4.83. The topological polar surface area (TPSA) is 83.3 Å². The molecule has 0 spiro atoms. The van der Waals surface area contributed by atoms with Crippen LogP contribution in [0.25, 0.3) is 27.7 Å². The molecule has 1 aliphatic heterocycles. The van der Waals surface area contributed by atoms with Crippen molar-refractivity contribution < 1.29 is 5.11 Å². The molecule has 1 atom stereocenters. The number of aryl methyl sites for hydroxylation is 2. The van der Waals surface area contributed by atoms with E-state index in [0.29, 0.717) is 29.2 Å². The Morgan fingerprint density at radius 3 is 2.66 bits per heavy atom. The maximum Gasteiger partial charge on any atom is 0.281 e. The van der Waals surface area contributed by atoms with Gasteiger partial charge in [0, 0.05) is 37.0 Å². The average Bonchev–Trinajstić information content (AvgIpc) is 3.31. The van der Waals surface area contributed by atoms with Gasteiger partial charge in [-0.2, -0.15) is 9.78 Å². The fourth-order valence-corrected chi connectivity index (χ4v) is 5.15. The fraction of sp³-hybridized carbons (Fsp3) is 0.321. The minimum Gasteiger partial charge on any atom is -0.508 e. The second-order valence-corrected chi connectivity index (χ2v) is 9.66. The zero-order valence-electron chi connectivity index (χ0n) is 20.5. The highest BCUT2D eigenvalue weighted by Crippen LogP contribution is 2.30. The van der Waals surface area contributed by atoms with Crippen molar-refractivity contribution in [2.24, 2.45) is 0 Å². The molecule has 0 bridgehead atoms. The van der Waals surface area contributed by atoms with Crippen LogP contribution in [0.1, 0.15) is 29.5 Å². The van der Waals surface area contributed by atoms with E-state index in [1.54, 1.807) is 30.5 Å². The first-order valence-electron chi connectivity index (χ1n) is 12.1. The summed E-state index contributed by atoms with van der Waals surface area (Å²) in [7, 11) is 2.10. The van der Waals surface area contributed by atoms with Gasteiger partial charge in [-0.05, 0) is 63.5 Å². The summed E-state index contributed by atoms with van der Waals surface area (Å²) >= 11 is 0. The summed E-state index contributed by atoms with van der Waals surface area (Å²) in [6, 6.07) is 13.5. The number of hydrogen-bond acceptors (Lipinski definition) is 6. The van der Waals surface area contributed by atoms with E-state index in [-0.39, 0.29) is 11.3 Å². The van der Waals surface area contributed by atoms with Crippen LogP contribution in [0.2, 0.25) is 0 Å². The van der Waals surface area contributed by atoms with E-state index in [4.69, 9.17) is 0 Å². The van der Waals surface area contributed by atoms with Gasteiger partial charge in [0.05, 0.1) is 22.8 Å². The highest BCUT2D eigenvalue weighted by molar-refractivity contribution is 5.87. The smallest absolute Gasteiger partial charge is 0.281 e. The van der Waals surface area contributed by atoms with Gasteiger partial charge in [0.1, 0.15) is 5.75 Å². The summed E-state index contributed by atoms with van der Waals surface area (Å²) in [4.78, 5) is 20.8. The van der Waals surface area contributed by atoms with E-state index in [9.17, 15) is 9.90 Å². The maximum atomic E-state index is 13.9. The Bertz CT molecular complexity index is 1420. The van der Waals surface area contributed by atoms with Crippen molar-refractivity contribution >= 4 is 10.9 Å². The number of nitrogens with one attached hydrogen (secondary N) is 1. The van der Waals surface area contributed by atoms with E-state index in [1.165, 1.54) is 28.7 Å². The van der Waals surface area contributed by atoms with Crippen LogP contribution in [0, 0.1) is 13.8 Å². The molecular formula is C28H31N5O2. The fourth-order valence-electron chi connectivity index (χ4n) is 5.15. The van der Waals surface area contributed by atoms with E-state index < -0.39 is 0 Å². The molecular weight excluding hydrogens is 438 g/mol. The molecule has 1 fully saturated rings. The van der Waals surface area contributed by atoms with E-state index in [1.807, 2.05) is 6.20 Å². The molecule has 0 amide bonds. The first kappa shape index (κ1) is 23.2. The number of fused-ring (bicyclic) bond motifs is 1. The lowest BCUT2D eigenvalue weighted by atomic mass is 9.95. The molecule has 35 heavy (non-hydrogen) atoms. The number of phenolic OH excluding ortho intramolecular Hbond substituents is 1. The molecule has 5 rings (SSSR count). The van der Waals surface area contributed by atoms with Crippen LogP contribution in [0.3, 0.4) is 0 Å². The summed E-state index contributed by atoms with van der Waals surface area (Å²) in [5.41, 5.74) is 6.14. The minimum atomic E-state index is -0.241. The standard InChI is InChI=1S/C28H31N5O2/c1-18-10-19(2)12-20(11-18)24-14-30-26-15-31-33(22-7-4-8-23(34)13-22)28(35)27(26)25(24)17-32(3)16-21-6-5-9-29-21/h4,7-8,10-15,21,29,34H,5-6,9,16-17H2,1-3H3/t21-/m0/s1. The largest absolute Gasteiger partial charge is 0.508 e. The Morgan fingerprint density at radius 2 is 1.94 bits per heavy atom. The third-order valence-corrected chi connectivity index (χ3v) is 6.65. The maximum absolute atomic E-state index is 13.9. The number of benzene rings is 2. The van der Waals surface area contributed by atoms with Crippen molar-refractivity contribution in [3.63, 3.8) is 0 Å². The molecule has 0 unspecified atom stereocenters. The number of phenols is 1. The summed E-state index contributed by atoms with van der Waals surface area (Å²) in [6.45, 7) is 6.74. The van der Waals surface area contributed by atoms with Crippen molar-refractivity contribution in [3.8, 4) is 22.6 Å². The quantitative estimate of drug-likeness (QED) is 0.445. The summed E-state index contributed by atoms with van der Waals surface area (Å²) < 4.78 is 1.34. The first-order chi connectivity index (χ1) is 16.9. The Labute approximate surface area is 205 Å². The van der Waals surface area contributed by atoms with Crippen LogP contribution < -0.4 is 10.9 Å². The normalized spacial score (nSPS) is 15.8. The summed E-state index contributed by atoms with van der Waals surface area (Å²) in [5.74, 6) is 0.0856. The Hall–Kier alpha value is -3.55. The molecule has 2 N–H and O–H groups in total. The molecule has 0 aliphatic carbocycles. The Kier molecular flexibility index (Phi) is 6.36. The molecule has 0 radical (unpaired) electrons. The molecule has 7 nitrogen and oxygen atoms in total. The molecule has 2 aromatic heterocycles. The number of aromatic nitrogens is 3. The molecule has 2 aromatic carbocycles. The zero-order chi connectivity index (χ0) is 24.5. The SMILES string of the molecule is Cc1cc(C)cc(-c2cnc3cnn(-c4cccc(O)c4)c(=O)c3c2CN(C)C[C@@H]2CCCN2)c1. The number of aromatic hydroxyl groups is 1. The van der Waals surface area contributed by atoms with Gasteiger partial charge in [-0.3, -0.25) is 9.78 Å². The number of rotatable bonds is 6. The highest BCUT2D eigenvalue weighted by atomic mass is 16.3. The van der Waals surface area contributed by atoms with Crippen LogP contribution >= 0.6 is 0 Å². The predicted molar refractivity (Wildman–Crippen MR) is 139 cm³/mol. The summed E-state index contributed by atoms with van der Waals surface area (Å²) in [5, 5.41) is 18.5. The van der Waals surface area contributed by atoms with Crippen LogP contribution in [-0.2, 0) is 6.54 Å². The molecule has 4 aromatic rings. The van der Waals surface area contributed by atoms with Crippen LogP contribution in [-0.4, -0.2) is 50.9 Å². The second kappa shape index (κ2) is 9.60.